The second-order valence-electron chi connectivity index (χ2n) is 5.57. The highest BCUT2D eigenvalue weighted by atomic mass is 16.1. The molecule has 0 bridgehead atoms. The molecule has 3 aromatic rings. The van der Waals surface area contributed by atoms with E-state index in [-0.39, 0.29) is 0 Å². The molecule has 0 saturated heterocycles. The van der Waals surface area contributed by atoms with Crippen LogP contribution in [0.2, 0.25) is 0 Å². The summed E-state index contributed by atoms with van der Waals surface area (Å²) in [6, 6.07) is 12.7. The average Bonchev–Trinajstić information content (AvgIpc) is 2.84. The molecule has 2 aromatic heterocycles. The fourth-order valence-electron chi connectivity index (χ4n) is 2.89. The van der Waals surface area contributed by atoms with Crippen molar-refractivity contribution in [3.05, 3.63) is 65.0 Å². The minimum absolute atomic E-state index is 0.729. The van der Waals surface area contributed by atoms with Gasteiger partial charge in [-0.25, -0.2) is 0 Å². The zero-order valence-corrected chi connectivity index (χ0v) is 12.7. The van der Waals surface area contributed by atoms with E-state index in [1.807, 2.05) is 4.40 Å². The molecule has 0 aliphatic rings. The first-order chi connectivity index (χ1) is 10.1. The summed E-state index contributed by atoms with van der Waals surface area (Å²) in [6.07, 6.45) is 3.98. The average molecular weight is 277 g/mol. The van der Waals surface area contributed by atoms with Crippen molar-refractivity contribution in [1.29, 1.82) is 0 Å². The largest absolute Gasteiger partial charge is 0.313 e. The Kier molecular flexibility index (Phi) is 3.38. The zero-order chi connectivity index (χ0) is 15.0. The molecule has 0 fully saturated rings. The number of carbonyl (C=O) groups excluding carboxylic acids is 1. The minimum Gasteiger partial charge on any atom is -0.313 e. The third-order valence-corrected chi connectivity index (χ3v) is 4.06. The van der Waals surface area contributed by atoms with Crippen LogP contribution in [0.25, 0.3) is 16.6 Å². The van der Waals surface area contributed by atoms with Crippen LogP contribution in [-0.4, -0.2) is 10.7 Å². The predicted octanol–water partition coefficient (Wildman–Crippen LogP) is 4.60. The molecule has 3 rings (SSSR count). The first-order valence-corrected chi connectivity index (χ1v) is 7.31. The zero-order valence-electron chi connectivity index (χ0n) is 12.7. The Morgan fingerprint density at radius 1 is 1.05 bits per heavy atom. The summed E-state index contributed by atoms with van der Waals surface area (Å²) in [6.45, 7) is 6.30. The number of nitrogens with zero attached hydrogens (tertiary/aromatic N) is 1. The van der Waals surface area contributed by atoms with Crippen molar-refractivity contribution in [2.75, 3.05) is 0 Å². The highest BCUT2D eigenvalue weighted by Crippen LogP contribution is 2.30. The van der Waals surface area contributed by atoms with Gasteiger partial charge in [-0.15, -0.1) is 0 Å². The van der Waals surface area contributed by atoms with Crippen molar-refractivity contribution >= 4 is 11.8 Å². The van der Waals surface area contributed by atoms with Crippen LogP contribution in [0.3, 0.4) is 0 Å². The predicted molar refractivity (Wildman–Crippen MR) is 87.1 cm³/mol. The number of hydrogen-bond donors (Lipinski definition) is 0. The van der Waals surface area contributed by atoms with E-state index in [0.29, 0.717) is 0 Å². The first-order valence-electron chi connectivity index (χ1n) is 7.31. The van der Waals surface area contributed by atoms with E-state index in [1.54, 1.807) is 0 Å². The van der Waals surface area contributed by atoms with Crippen LogP contribution in [0, 0.1) is 13.8 Å². The summed E-state index contributed by atoms with van der Waals surface area (Å²) < 4.78 is 2.00. The summed E-state index contributed by atoms with van der Waals surface area (Å²) in [5.41, 5.74) is 7.59. The van der Waals surface area contributed by atoms with Gasteiger partial charge < -0.3 is 4.40 Å². The first kappa shape index (κ1) is 13.6. The Hall–Kier alpha value is -2.35. The van der Waals surface area contributed by atoms with Gasteiger partial charge >= 0.3 is 0 Å². The van der Waals surface area contributed by atoms with Crippen LogP contribution in [0.1, 0.15) is 34.1 Å². The number of hydrogen-bond acceptors (Lipinski definition) is 1. The molecule has 0 saturated carbocycles. The highest BCUT2D eigenvalue weighted by molar-refractivity contribution is 5.90. The molecule has 1 aromatic carbocycles. The molecule has 0 amide bonds. The van der Waals surface area contributed by atoms with Crippen molar-refractivity contribution < 1.29 is 4.79 Å². The highest BCUT2D eigenvalue weighted by Gasteiger charge is 2.13. The fourth-order valence-corrected chi connectivity index (χ4v) is 2.89. The van der Waals surface area contributed by atoms with Gasteiger partial charge in [0.05, 0.1) is 5.69 Å². The fraction of sp³-hybridized carbons (Fsp3) is 0.211. The molecule has 0 spiro atoms. The lowest BCUT2D eigenvalue weighted by Crippen LogP contribution is -1.95. The molecular weight excluding hydrogens is 258 g/mol. The van der Waals surface area contributed by atoms with Crippen LogP contribution in [0.15, 0.2) is 42.6 Å². The summed E-state index contributed by atoms with van der Waals surface area (Å²) in [5, 5.41) is 0. The monoisotopic (exact) mass is 277 g/mol. The van der Waals surface area contributed by atoms with E-state index < -0.39 is 0 Å². The summed E-state index contributed by atoms with van der Waals surface area (Å²) in [7, 11) is 0. The van der Waals surface area contributed by atoms with Crippen LogP contribution in [-0.2, 0) is 6.42 Å². The van der Waals surface area contributed by atoms with Gasteiger partial charge in [0, 0.05) is 17.3 Å². The summed E-state index contributed by atoms with van der Waals surface area (Å²) >= 11 is 0. The number of benzene rings is 1. The molecule has 0 unspecified atom stereocenters. The van der Waals surface area contributed by atoms with Crippen molar-refractivity contribution in [1.82, 2.24) is 4.40 Å². The lowest BCUT2D eigenvalue weighted by Gasteiger charge is -2.06. The Labute approximate surface area is 125 Å². The maximum absolute atomic E-state index is 11.6. The molecule has 0 atom stereocenters. The third kappa shape index (κ3) is 2.27. The molecule has 106 valence electrons. The van der Waals surface area contributed by atoms with Crippen LogP contribution in [0.5, 0.6) is 0 Å². The number of rotatable bonds is 3. The maximum atomic E-state index is 11.6. The molecule has 0 N–H and O–H groups in total. The summed E-state index contributed by atoms with van der Waals surface area (Å²) in [5.74, 6) is 0. The number of aryl methyl sites for hydroxylation is 3. The molecule has 0 aliphatic carbocycles. The van der Waals surface area contributed by atoms with Gasteiger partial charge in [-0.05, 0) is 49.1 Å². The smallest absolute Gasteiger partial charge is 0.167 e. The van der Waals surface area contributed by atoms with Gasteiger partial charge in [0.25, 0.3) is 0 Å². The number of pyridine rings is 1. The van der Waals surface area contributed by atoms with Gasteiger partial charge in [-0.1, -0.05) is 36.8 Å². The van der Waals surface area contributed by atoms with Gasteiger partial charge in [-0.3, -0.25) is 4.79 Å². The van der Waals surface area contributed by atoms with Gasteiger partial charge in [0.2, 0.25) is 0 Å². The Bertz CT molecular complexity index is 827. The Morgan fingerprint density at radius 3 is 2.52 bits per heavy atom. The van der Waals surface area contributed by atoms with E-state index in [2.05, 4.69) is 63.4 Å². The standard InChI is InChI=1S/C19H19NO/c1-4-15-6-7-16-10-18(19(12-21)20(16)11-15)17-8-5-13(2)9-14(17)3/h5-12H,4H2,1-3H3. The van der Waals surface area contributed by atoms with Crippen LogP contribution >= 0.6 is 0 Å². The molecule has 2 nitrogen and oxygen atoms in total. The number of carbonyl (C=O) groups is 1. The summed E-state index contributed by atoms with van der Waals surface area (Å²) in [4.78, 5) is 11.6. The molecule has 0 aliphatic heterocycles. The van der Waals surface area contributed by atoms with E-state index in [0.717, 1.165) is 35.0 Å². The van der Waals surface area contributed by atoms with Crippen LogP contribution < -0.4 is 0 Å². The van der Waals surface area contributed by atoms with Crippen molar-refractivity contribution in [3.8, 4) is 11.1 Å². The van der Waals surface area contributed by atoms with E-state index >= 15 is 0 Å². The SMILES string of the molecule is CCc1ccc2cc(-c3ccc(C)cc3C)c(C=O)n2c1. The Balaban J connectivity index is 2.29. The second-order valence-corrected chi connectivity index (χ2v) is 5.57. The maximum Gasteiger partial charge on any atom is 0.167 e. The molecular formula is C19H19NO. The topological polar surface area (TPSA) is 21.5 Å². The lowest BCUT2D eigenvalue weighted by atomic mass is 9.99. The lowest BCUT2D eigenvalue weighted by molar-refractivity contribution is 0.111. The van der Waals surface area contributed by atoms with Crippen molar-refractivity contribution in [2.45, 2.75) is 27.2 Å². The minimum atomic E-state index is 0.729. The van der Waals surface area contributed by atoms with Crippen LogP contribution in [0.4, 0.5) is 0 Å². The van der Waals surface area contributed by atoms with Gasteiger partial charge in [0.15, 0.2) is 6.29 Å². The third-order valence-electron chi connectivity index (χ3n) is 4.06. The molecule has 0 radical (unpaired) electrons. The molecule has 2 heterocycles. The number of fused-ring (bicyclic) bond motifs is 1. The van der Waals surface area contributed by atoms with E-state index in [4.69, 9.17) is 0 Å². The van der Waals surface area contributed by atoms with E-state index in [9.17, 15) is 4.79 Å². The second kappa shape index (κ2) is 5.21. The number of aromatic nitrogens is 1. The van der Waals surface area contributed by atoms with Crippen molar-refractivity contribution in [3.63, 3.8) is 0 Å². The van der Waals surface area contributed by atoms with E-state index in [1.165, 1.54) is 16.7 Å². The Morgan fingerprint density at radius 2 is 1.86 bits per heavy atom. The quantitative estimate of drug-likeness (QED) is 0.641. The van der Waals surface area contributed by atoms with Gasteiger partial charge in [-0.2, -0.15) is 0 Å². The van der Waals surface area contributed by atoms with Gasteiger partial charge in [0.1, 0.15) is 0 Å². The van der Waals surface area contributed by atoms with Crippen molar-refractivity contribution in [2.24, 2.45) is 0 Å². The molecule has 2 heteroatoms. The molecule has 21 heavy (non-hydrogen) atoms. The number of aldehydes is 1. The normalized spacial score (nSPS) is 11.0.